The van der Waals surface area contributed by atoms with E-state index in [4.69, 9.17) is 8.85 Å². The van der Waals surface area contributed by atoms with Crippen LogP contribution in [0.5, 0.6) is 0 Å². The zero-order valence-electron chi connectivity index (χ0n) is 9.99. The largest absolute Gasteiger partial charge is 0.397 e. The highest BCUT2D eigenvalue weighted by atomic mass is 28.3. The van der Waals surface area contributed by atoms with Crippen LogP contribution in [0.4, 0.5) is 0 Å². The monoisotopic (exact) mass is 230 g/mol. The van der Waals surface area contributed by atoms with Gasteiger partial charge in [0.25, 0.3) is 0 Å². The minimum atomic E-state index is -1.65. The summed E-state index contributed by atoms with van der Waals surface area (Å²) in [7, 11) is -1.65. The van der Waals surface area contributed by atoms with E-state index in [0.29, 0.717) is 13.2 Å². The van der Waals surface area contributed by atoms with Crippen molar-refractivity contribution in [2.75, 3.05) is 13.2 Å². The zero-order chi connectivity index (χ0) is 11.7. The molecule has 0 saturated carbocycles. The summed E-state index contributed by atoms with van der Waals surface area (Å²) < 4.78 is 11.1. The molecule has 1 atom stereocenters. The average Bonchev–Trinajstić information content (AvgIpc) is 2.25. The SMILES string of the molecule is C=CC(=O)C(CC)C[SiH](OCC)OCC. The molecule has 0 N–H and O–H groups in total. The molecule has 0 aromatic rings. The third-order valence-corrected chi connectivity index (χ3v) is 4.64. The summed E-state index contributed by atoms with van der Waals surface area (Å²) in [6.07, 6.45) is 2.23. The number of hydrogen-bond donors (Lipinski definition) is 0. The molecule has 0 spiro atoms. The van der Waals surface area contributed by atoms with Crippen LogP contribution in [-0.4, -0.2) is 28.3 Å². The summed E-state index contributed by atoms with van der Waals surface area (Å²) in [5.74, 6) is 0.131. The maximum atomic E-state index is 11.5. The molecule has 0 aliphatic heterocycles. The smallest absolute Gasteiger partial charge is 0.322 e. The van der Waals surface area contributed by atoms with E-state index in [1.165, 1.54) is 6.08 Å². The Bertz CT molecular complexity index is 188. The fraction of sp³-hybridized carbons (Fsp3) is 0.727. The maximum Gasteiger partial charge on any atom is 0.322 e. The Morgan fingerprint density at radius 3 is 2.20 bits per heavy atom. The summed E-state index contributed by atoms with van der Waals surface area (Å²) in [5.41, 5.74) is 0. The molecule has 0 amide bonds. The van der Waals surface area contributed by atoms with Gasteiger partial charge >= 0.3 is 9.28 Å². The van der Waals surface area contributed by atoms with E-state index in [2.05, 4.69) is 6.58 Å². The zero-order valence-corrected chi connectivity index (χ0v) is 11.1. The Balaban J connectivity index is 4.20. The van der Waals surface area contributed by atoms with Crippen molar-refractivity contribution in [1.82, 2.24) is 0 Å². The van der Waals surface area contributed by atoms with Crippen molar-refractivity contribution >= 4 is 15.1 Å². The minimum absolute atomic E-state index is 0.0252. The van der Waals surface area contributed by atoms with Crippen molar-refractivity contribution in [2.45, 2.75) is 33.2 Å². The number of allylic oxidation sites excluding steroid dienone is 1. The first-order valence-electron chi connectivity index (χ1n) is 5.58. The van der Waals surface area contributed by atoms with Crippen molar-refractivity contribution in [1.29, 1.82) is 0 Å². The third-order valence-electron chi connectivity index (χ3n) is 2.28. The van der Waals surface area contributed by atoms with Crippen LogP contribution in [0, 0.1) is 5.92 Å². The van der Waals surface area contributed by atoms with Gasteiger partial charge in [0.2, 0.25) is 0 Å². The van der Waals surface area contributed by atoms with Crippen LogP contribution in [0.3, 0.4) is 0 Å². The molecular weight excluding hydrogens is 208 g/mol. The molecule has 15 heavy (non-hydrogen) atoms. The highest BCUT2D eigenvalue weighted by Crippen LogP contribution is 2.15. The van der Waals surface area contributed by atoms with Crippen molar-refractivity contribution in [3.8, 4) is 0 Å². The lowest BCUT2D eigenvalue weighted by Crippen LogP contribution is -2.28. The summed E-state index contributed by atoms with van der Waals surface area (Å²) >= 11 is 0. The average molecular weight is 230 g/mol. The summed E-state index contributed by atoms with van der Waals surface area (Å²) in [5, 5.41) is 0. The minimum Gasteiger partial charge on any atom is -0.397 e. The lowest BCUT2D eigenvalue weighted by molar-refractivity contribution is -0.117. The van der Waals surface area contributed by atoms with E-state index in [0.717, 1.165) is 12.5 Å². The maximum absolute atomic E-state index is 11.5. The van der Waals surface area contributed by atoms with Gasteiger partial charge in [0.15, 0.2) is 5.78 Å². The topological polar surface area (TPSA) is 35.5 Å². The predicted molar refractivity (Wildman–Crippen MR) is 64.2 cm³/mol. The molecule has 3 nitrogen and oxygen atoms in total. The van der Waals surface area contributed by atoms with Gasteiger partial charge in [0.05, 0.1) is 0 Å². The normalized spacial score (nSPS) is 12.8. The van der Waals surface area contributed by atoms with Gasteiger partial charge in [-0.1, -0.05) is 13.5 Å². The van der Waals surface area contributed by atoms with Crippen LogP contribution >= 0.6 is 0 Å². The molecule has 0 heterocycles. The Morgan fingerprint density at radius 2 is 1.87 bits per heavy atom. The number of rotatable bonds is 9. The lowest BCUT2D eigenvalue weighted by atomic mass is 10.0. The Hall–Kier alpha value is -0.453. The molecule has 0 saturated heterocycles. The van der Waals surface area contributed by atoms with Crippen molar-refractivity contribution in [2.24, 2.45) is 5.92 Å². The molecule has 0 rings (SSSR count). The second-order valence-corrected chi connectivity index (χ2v) is 5.28. The van der Waals surface area contributed by atoms with Crippen LogP contribution in [0.2, 0.25) is 6.04 Å². The second-order valence-electron chi connectivity index (χ2n) is 3.29. The molecule has 0 aliphatic rings. The molecule has 1 unspecified atom stereocenters. The van der Waals surface area contributed by atoms with E-state index >= 15 is 0 Å². The molecule has 0 bridgehead atoms. The molecule has 0 aromatic carbocycles. The van der Waals surface area contributed by atoms with E-state index in [-0.39, 0.29) is 11.7 Å². The van der Waals surface area contributed by atoms with Crippen LogP contribution < -0.4 is 0 Å². The van der Waals surface area contributed by atoms with Crippen molar-refractivity contribution < 1.29 is 13.6 Å². The van der Waals surface area contributed by atoms with Gasteiger partial charge in [0, 0.05) is 19.1 Å². The van der Waals surface area contributed by atoms with Crippen LogP contribution in [0.25, 0.3) is 0 Å². The highest BCUT2D eigenvalue weighted by Gasteiger charge is 2.22. The van der Waals surface area contributed by atoms with Gasteiger partial charge in [-0.15, -0.1) is 0 Å². The quantitative estimate of drug-likeness (QED) is 0.449. The van der Waals surface area contributed by atoms with Crippen molar-refractivity contribution in [3.05, 3.63) is 12.7 Å². The van der Waals surface area contributed by atoms with Gasteiger partial charge in [-0.05, 0) is 32.4 Å². The highest BCUT2D eigenvalue weighted by molar-refractivity contribution is 6.45. The number of hydrogen-bond acceptors (Lipinski definition) is 3. The number of carbonyl (C=O) groups excluding carboxylic acids is 1. The lowest BCUT2D eigenvalue weighted by Gasteiger charge is -2.19. The van der Waals surface area contributed by atoms with Gasteiger partial charge in [-0.25, -0.2) is 0 Å². The van der Waals surface area contributed by atoms with E-state index in [1.807, 2.05) is 20.8 Å². The van der Waals surface area contributed by atoms with Crippen LogP contribution in [0.15, 0.2) is 12.7 Å². The van der Waals surface area contributed by atoms with E-state index in [1.54, 1.807) is 0 Å². The summed E-state index contributed by atoms with van der Waals surface area (Å²) in [4.78, 5) is 11.5. The van der Waals surface area contributed by atoms with Gasteiger partial charge in [-0.2, -0.15) is 0 Å². The van der Waals surface area contributed by atoms with E-state index in [9.17, 15) is 4.79 Å². The van der Waals surface area contributed by atoms with E-state index < -0.39 is 9.28 Å². The van der Waals surface area contributed by atoms with Crippen LogP contribution in [-0.2, 0) is 13.6 Å². The first-order valence-corrected chi connectivity index (χ1v) is 7.34. The second kappa shape index (κ2) is 8.82. The van der Waals surface area contributed by atoms with Gasteiger partial charge < -0.3 is 8.85 Å². The Kier molecular flexibility index (Phi) is 8.56. The van der Waals surface area contributed by atoms with Crippen molar-refractivity contribution in [3.63, 3.8) is 0 Å². The molecule has 0 aliphatic carbocycles. The van der Waals surface area contributed by atoms with Crippen LogP contribution in [0.1, 0.15) is 27.2 Å². The fourth-order valence-electron chi connectivity index (χ4n) is 1.44. The van der Waals surface area contributed by atoms with Gasteiger partial charge in [-0.3, -0.25) is 4.79 Å². The summed E-state index contributed by atoms with van der Waals surface area (Å²) in [6, 6.07) is 0.753. The molecular formula is C11H22O3Si. The Morgan fingerprint density at radius 1 is 1.33 bits per heavy atom. The standard InChI is InChI=1S/C11H22O3Si/c1-5-10(11(12)6-2)9-15(13-7-3)14-8-4/h6,10,15H,2,5,7-9H2,1,3-4H3. The first kappa shape index (κ1) is 14.5. The molecule has 4 heteroatoms. The molecule has 0 aromatic heterocycles. The first-order chi connectivity index (χ1) is 7.19. The number of carbonyl (C=O) groups is 1. The molecule has 0 fully saturated rings. The number of ketones is 1. The fourth-order valence-corrected chi connectivity index (χ4v) is 3.58. The predicted octanol–water partition coefficient (Wildman–Crippen LogP) is 2.06. The summed E-state index contributed by atoms with van der Waals surface area (Å²) in [6.45, 7) is 10.8. The Labute approximate surface area is 94.3 Å². The molecule has 0 radical (unpaired) electrons. The van der Waals surface area contributed by atoms with Gasteiger partial charge in [0.1, 0.15) is 0 Å². The third kappa shape index (κ3) is 5.87. The molecule has 88 valence electrons.